The summed E-state index contributed by atoms with van der Waals surface area (Å²) >= 11 is 0. The summed E-state index contributed by atoms with van der Waals surface area (Å²) in [5, 5.41) is 6.54. The van der Waals surface area contributed by atoms with E-state index in [9.17, 15) is 0 Å². The van der Waals surface area contributed by atoms with Gasteiger partial charge in [0, 0.05) is 39.1 Å². The average molecular weight is 484 g/mol. The number of pyridine rings is 1. The number of aromatic nitrogens is 1. The first-order valence-corrected chi connectivity index (χ1v) is 8.94. The number of hydrogen-bond acceptors (Lipinski definition) is 4. The summed E-state index contributed by atoms with van der Waals surface area (Å²) in [7, 11) is 1.71. The molecule has 0 spiro atoms. The van der Waals surface area contributed by atoms with Gasteiger partial charge in [-0.15, -0.1) is 24.0 Å². The third-order valence-corrected chi connectivity index (χ3v) is 3.61. The van der Waals surface area contributed by atoms with Gasteiger partial charge in [-0.2, -0.15) is 0 Å². The van der Waals surface area contributed by atoms with Crippen LogP contribution in [0.2, 0.25) is 0 Å². The summed E-state index contributed by atoms with van der Waals surface area (Å²) in [6, 6.07) is 13.9. The van der Waals surface area contributed by atoms with Gasteiger partial charge in [0.25, 0.3) is 0 Å². The van der Waals surface area contributed by atoms with Crippen LogP contribution in [-0.2, 0) is 17.9 Å². The Morgan fingerprint density at radius 1 is 1.11 bits per heavy atom. The molecule has 6 nitrogen and oxygen atoms in total. The highest BCUT2D eigenvalue weighted by Crippen LogP contribution is 2.12. The molecule has 0 aliphatic carbocycles. The fourth-order valence-electron chi connectivity index (χ4n) is 2.29. The maximum absolute atomic E-state index is 5.77. The Bertz CT molecular complexity index is 668. The number of guanidine groups is 1. The van der Waals surface area contributed by atoms with Gasteiger partial charge in [-0.05, 0) is 30.5 Å². The number of benzene rings is 1. The van der Waals surface area contributed by atoms with Crippen molar-refractivity contribution in [2.24, 2.45) is 4.99 Å². The predicted molar refractivity (Wildman–Crippen MR) is 120 cm³/mol. The summed E-state index contributed by atoms with van der Waals surface area (Å²) < 4.78 is 10.8. The Morgan fingerprint density at radius 2 is 1.93 bits per heavy atom. The number of nitrogens with one attached hydrogen (secondary N) is 2. The van der Waals surface area contributed by atoms with Gasteiger partial charge in [0.1, 0.15) is 6.61 Å². The number of halogens is 1. The third kappa shape index (κ3) is 9.58. The van der Waals surface area contributed by atoms with Gasteiger partial charge in [-0.1, -0.05) is 30.3 Å². The molecule has 2 aromatic rings. The van der Waals surface area contributed by atoms with Crippen LogP contribution in [-0.4, -0.2) is 37.7 Å². The smallest absolute Gasteiger partial charge is 0.213 e. The Balaban J connectivity index is 0.00000364. The van der Waals surface area contributed by atoms with E-state index in [1.165, 1.54) is 0 Å². The van der Waals surface area contributed by atoms with E-state index < -0.39 is 0 Å². The zero-order chi connectivity index (χ0) is 18.5. The van der Waals surface area contributed by atoms with Crippen LogP contribution in [0, 0.1) is 0 Å². The second kappa shape index (κ2) is 14.2. The molecule has 0 saturated heterocycles. The minimum absolute atomic E-state index is 0. The summed E-state index contributed by atoms with van der Waals surface area (Å²) in [5.41, 5.74) is 2.17. The SMILES string of the molecule is CCNC(=NCc1ccnc(OCc2ccccc2)c1)NCCCOC.I. The van der Waals surface area contributed by atoms with Crippen molar-refractivity contribution in [2.45, 2.75) is 26.5 Å². The molecule has 0 bridgehead atoms. The quantitative estimate of drug-likeness (QED) is 0.234. The highest BCUT2D eigenvalue weighted by Gasteiger charge is 2.01. The van der Waals surface area contributed by atoms with Gasteiger partial charge >= 0.3 is 0 Å². The van der Waals surface area contributed by atoms with Gasteiger partial charge < -0.3 is 20.1 Å². The number of rotatable bonds is 10. The molecule has 2 N–H and O–H groups in total. The van der Waals surface area contributed by atoms with Crippen LogP contribution in [0.1, 0.15) is 24.5 Å². The van der Waals surface area contributed by atoms with Crippen molar-refractivity contribution in [2.75, 3.05) is 26.8 Å². The fourth-order valence-corrected chi connectivity index (χ4v) is 2.29. The molecule has 1 aromatic heterocycles. The molecule has 0 aliphatic heterocycles. The molecule has 2 rings (SSSR count). The van der Waals surface area contributed by atoms with E-state index in [2.05, 4.69) is 20.6 Å². The highest BCUT2D eigenvalue weighted by atomic mass is 127. The third-order valence-electron chi connectivity index (χ3n) is 3.61. The monoisotopic (exact) mass is 484 g/mol. The molecule has 148 valence electrons. The van der Waals surface area contributed by atoms with Crippen LogP contribution < -0.4 is 15.4 Å². The lowest BCUT2D eigenvalue weighted by molar-refractivity contribution is 0.195. The molecule has 0 unspecified atom stereocenters. The van der Waals surface area contributed by atoms with Crippen molar-refractivity contribution in [3.8, 4) is 5.88 Å². The van der Waals surface area contributed by atoms with Crippen molar-refractivity contribution in [1.29, 1.82) is 0 Å². The van der Waals surface area contributed by atoms with E-state index in [1.54, 1.807) is 13.3 Å². The maximum Gasteiger partial charge on any atom is 0.213 e. The number of ether oxygens (including phenoxy) is 2. The molecule has 0 atom stereocenters. The Labute approximate surface area is 178 Å². The van der Waals surface area contributed by atoms with Crippen LogP contribution in [0.3, 0.4) is 0 Å². The Kier molecular flexibility index (Phi) is 12.2. The second-order valence-electron chi connectivity index (χ2n) is 5.74. The molecule has 0 aliphatic rings. The maximum atomic E-state index is 5.77. The van der Waals surface area contributed by atoms with E-state index in [4.69, 9.17) is 9.47 Å². The van der Waals surface area contributed by atoms with Crippen LogP contribution in [0.4, 0.5) is 0 Å². The Hall–Kier alpha value is -1.87. The van der Waals surface area contributed by atoms with E-state index in [0.29, 0.717) is 19.0 Å². The summed E-state index contributed by atoms with van der Waals surface area (Å²) in [6.45, 7) is 5.49. The molecule has 1 aromatic carbocycles. The van der Waals surface area contributed by atoms with Crippen molar-refractivity contribution in [3.63, 3.8) is 0 Å². The lowest BCUT2D eigenvalue weighted by atomic mass is 10.2. The van der Waals surface area contributed by atoms with Crippen LogP contribution in [0.25, 0.3) is 0 Å². The van der Waals surface area contributed by atoms with Gasteiger partial charge in [-0.3, -0.25) is 0 Å². The zero-order valence-electron chi connectivity index (χ0n) is 16.0. The summed E-state index contributed by atoms with van der Waals surface area (Å²) in [6.07, 6.45) is 2.69. The highest BCUT2D eigenvalue weighted by molar-refractivity contribution is 14.0. The molecule has 7 heteroatoms. The zero-order valence-corrected chi connectivity index (χ0v) is 18.3. The normalized spacial score (nSPS) is 10.8. The average Bonchev–Trinajstić information content (AvgIpc) is 2.69. The van der Waals surface area contributed by atoms with E-state index in [1.807, 2.05) is 49.4 Å². The lowest BCUT2D eigenvalue weighted by Crippen LogP contribution is -2.38. The first kappa shape index (κ1) is 23.2. The Morgan fingerprint density at radius 3 is 2.67 bits per heavy atom. The lowest BCUT2D eigenvalue weighted by Gasteiger charge is -2.11. The minimum Gasteiger partial charge on any atom is -0.473 e. The first-order valence-electron chi connectivity index (χ1n) is 8.94. The summed E-state index contributed by atoms with van der Waals surface area (Å²) in [5.74, 6) is 1.41. The summed E-state index contributed by atoms with van der Waals surface area (Å²) in [4.78, 5) is 8.88. The number of nitrogens with zero attached hydrogens (tertiary/aromatic N) is 2. The van der Waals surface area contributed by atoms with Crippen LogP contribution >= 0.6 is 24.0 Å². The topological polar surface area (TPSA) is 67.8 Å². The molecule has 0 amide bonds. The van der Waals surface area contributed by atoms with Crippen LogP contribution in [0.5, 0.6) is 5.88 Å². The molecular formula is C20H29IN4O2. The predicted octanol–water partition coefficient (Wildman–Crippen LogP) is 3.37. The van der Waals surface area contributed by atoms with Crippen LogP contribution in [0.15, 0.2) is 53.7 Å². The molecule has 27 heavy (non-hydrogen) atoms. The molecule has 0 radical (unpaired) electrons. The van der Waals surface area contributed by atoms with Crippen molar-refractivity contribution >= 4 is 29.9 Å². The second-order valence-corrected chi connectivity index (χ2v) is 5.74. The van der Waals surface area contributed by atoms with E-state index in [-0.39, 0.29) is 24.0 Å². The van der Waals surface area contributed by atoms with Crippen molar-refractivity contribution < 1.29 is 9.47 Å². The number of aliphatic imine (C=N–C) groups is 1. The minimum atomic E-state index is 0. The van der Waals surface area contributed by atoms with Gasteiger partial charge in [-0.25, -0.2) is 9.98 Å². The molecule has 0 fully saturated rings. The van der Waals surface area contributed by atoms with Crippen molar-refractivity contribution in [3.05, 3.63) is 59.8 Å². The van der Waals surface area contributed by atoms with Gasteiger partial charge in [0.2, 0.25) is 5.88 Å². The largest absolute Gasteiger partial charge is 0.473 e. The molecular weight excluding hydrogens is 455 g/mol. The number of methoxy groups -OCH3 is 1. The van der Waals surface area contributed by atoms with E-state index >= 15 is 0 Å². The van der Waals surface area contributed by atoms with Crippen molar-refractivity contribution in [1.82, 2.24) is 15.6 Å². The molecule has 1 heterocycles. The first-order chi connectivity index (χ1) is 12.8. The number of hydrogen-bond donors (Lipinski definition) is 2. The standard InChI is InChI=1S/C20H28N4O2.HI/c1-3-21-20(23-11-7-13-25-2)24-15-18-10-12-22-19(14-18)26-16-17-8-5-4-6-9-17;/h4-6,8-10,12,14H,3,7,11,13,15-16H2,1-2H3,(H2,21,23,24);1H. The molecule has 0 saturated carbocycles. The fraction of sp³-hybridized carbons (Fsp3) is 0.400. The van der Waals surface area contributed by atoms with E-state index in [0.717, 1.165) is 43.2 Å². The van der Waals surface area contributed by atoms with Gasteiger partial charge in [0.15, 0.2) is 5.96 Å². The van der Waals surface area contributed by atoms with Gasteiger partial charge in [0.05, 0.1) is 6.54 Å².